The van der Waals surface area contributed by atoms with Crippen LogP contribution in [-0.4, -0.2) is 39.9 Å². The topological polar surface area (TPSA) is 127 Å². The monoisotopic (exact) mass is 267 g/mol. The molecule has 1 amide bonds. The van der Waals surface area contributed by atoms with Crippen molar-refractivity contribution in [2.45, 2.75) is 13.0 Å². The molecule has 0 heterocycles. The average Bonchev–Trinajstić information content (AvgIpc) is 2.36. The molecule has 1 aromatic rings. The Hall–Kier alpha value is -2.64. The zero-order valence-electron chi connectivity index (χ0n) is 10.4. The van der Waals surface area contributed by atoms with Crippen LogP contribution in [0.3, 0.4) is 0 Å². The molecule has 0 aliphatic heterocycles. The van der Waals surface area contributed by atoms with Gasteiger partial charge in [0.25, 0.3) is 11.6 Å². The Bertz CT molecular complexity index is 543. The Morgan fingerprint density at radius 1 is 1.47 bits per heavy atom. The van der Waals surface area contributed by atoms with Crippen LogP contribution in [0.1, 0.15) is 17.3 Å². The summed E-state index contributed by atoms with van der Waals surface area (Å²) in [5.41, 5.74) is 4.98. The fourth-order valence-electron chi connectivity index (χ4n) is 1.38. The van der Waals surface area contributed by atoms with Crippen LogP contribution >= 0.6 is 0 Å². The average molecular weight is 267 g/mol. The van der Waals surface area contributed by atoms with Crippen molar-refractivity contribution in [3.63, 3.8) is 0 Å². The lowest BCUT2D eigenvalue weighted by Crippen LogP contribution is -2.40. The maximum absolute atomic E-state index is 12.0. The van der Waals surface area contributed by atoms with E-state index in [4.69, 9.17) is 10.8 Å². The van der Waals surface area contributed by atoms with Gasteiger partial charge in [-0.15, -0.1) is 0 Å². The van der Waals surface area contributed by atoms with Crippen LogP contribution in [0.15, 0.2) is 18.2 Å². The van der Waals surface area contributed by atoms with Crippen LogP contribution in [0.25, 0.3) is 0 Å². The summed E-state index contributed by atoms with van der Waals surface area (Å²) in [6.45, 7) is 1.34. The number of carboxylic acid groups (broad SMARTS) is 1. The number of carbonyl (C=O) groups is 2. The van der Waals surface area contributed by atoms with Crippen molar-refractivity contribution in [2.75, 3.05) is 12.8 Å². The Labute approximate surface area is 108 Å². The van der Waals surface area contributed by atoms with Gasteiger partial charge in [-0.3, -0.25) is 14.9 Å². The van der Waals surface area contributed by atoms with Gasteiger partial charge in [-0.05, 0) is 19.1 Å². The van der Waals surface area contributed by atoms with Gasteiger partial charge in [0.1, 0.15) is 11.7 Å². The number of likely N-dealkylation sites (N-methyl/N-ethyl adjacent to an activating group) is 1. The van der Waals surface area contributed by atoms with Crippen molar-refractivity contribution in [3.8, 4) is 0 Å². The maximum atomic E-state index is 12.0. The third kappa shape index (κ3) is 2.97. The summed E-state index contributed by atoms with van der Waals surface area (Å²) in [5, 5.41) is 19.5. The van der Waals surface area contributed by atoms with Gasteiger partial charge >= 0.3 is 5.97 Å². The predicted octanol–water partition coefficient (Wildman–Crippen LogP) is 0.722. The quantitative estimate of drug-likeness (QED) is 0.470. The highest BCUT2D eigenvalue weighted by Gasteiger charge is 2.24. The van der Waals surface area contributed by atoms with Crippen LogP contribution in [0.4, 0.5) is 11.4 Å². The van der Waals surface area contributed by atoms with Crippen LogP contribution in [0.5, 0.6) is 0 Å². The Balaban J connectivity index is 3.10. The molecular formula is C11H13N3O5. The SMILES string of the molecule is CC(C(=O)O)N(C)C(=O)c1ccc(N)c([N+](=O)[O-])c1. The normalized spacial score (nSPS) is 11.7. The molecule has 0 radical (unpaired) electrons. The number of carbonyl (C=O) groups excluding carboxylic acids is 1. The van der Waals surface area contributed by atoms with Crippen molar-refractivity contribution in [1.29, 1.82) is 0 Å². The third-order valence-corrected chi connectivity index (χ3v) is 2.73. The van der Waals surface area contributed by atoms with Crippen molar-refractivity contribution in [1.82, 2.24) is 4.90 Å². The molecule has 0 bridgehead atoms. The zero-order chi connectivity index (χ0) is 14.7. The molecular weight excluding hydrogens is 254 g/mol. The molecule has 0 saturated carbocycles. The number of nitrogen functional groups attached to an aromatic ring is 1. The van der Waals surface area contributed by atoms with Gasteiger partial charge in [0.05, 0.1) is 4.92 Å². The third-order valence-electron chi connectivity index (χ3n) is 2.73. The first-order valence-corrected chi connectivity index (χ1v) is 5.29. The number of benzene rings is 1. The summed E-state index contributed by atoms with van der Waals surface area (Å²) in [6.07, 6.45) is 0. The number of hydrogen-bond donors (Lipinski definition) is 2. The summed E-state index contributed by atoms with van der Waals surface area (Å²) in [4.78, 5) is 33.8. The number of nitro benzene ring substituents is 1. The molecule has 0 aliphatic rings. The molecule has 8 heteroatoms. The fourth-order valence-corrected chi connectivity index (χ4v) is 1.38. The molecule has 1 atom stereocenters. The Morgan fingerprint density at radius 3 is 2.53 bits per heavy atom. The van der Waals surface area contributed by atoms with Gasteiger partial charge in [0.2, 0.25) is 0 Å². The van der Waals surface area contributed by atoms with Crippen molar-refractivity contribution in [3.05, 3.63) is 33.9 Å². The van der Waals surface area contributed by atoms with Crippen molar-refractivity contribution >= 4 is 23.3 Å². The summed E-state index contributed by atoms with van der Waals surface area (Å²) >= 11 is 0. The number of rotatable bonds is 4. The van der Waals surface area contributed by atoms with Crippen LogP contribution in [-0.2, 0) is 4.79 Å². The van der Waals surface area contributed by atoms with E-state index in [0.29, 0.717) is 0 Å². The van der Waals surface area contributed by atoms with E-state index in [1.165, 1.54) is 26.1 Å². The van der Waals surface area contributed by atoms with Crippen molar-refractivity contribution in [2.24, 2.45) is 0 Å². The second-order valence-corrected chi connectivity index (χ2v) is 3.96. The smallest absolute Gasteiger partial charge is 0.326 e. The van der Waals surface area contributed by atoms with Crippen LogP contribution in [0, 0.1) is 10.1 Å². The van der Waals surface area contributed by atoms with E-state index in [1.54, 1.807) is 0 Å². The molecule has 0 aromatic heterocycles. The van der Waals surface area contributed by atoms with E-state index in [0.717, 1.165) is 11.0 Å². The number of nitrogens with two attached hydrogens (primary N) is 1. The fraction of sp³-hybridized carbons (Fsp3) is 0.273. The van der Waals surface area contributed by atoms with E-state index < -0.39 is 22.8 Å². The number of anilines is 1. The standard InChI is InChI=1S/C11H13N3O5/c1-6(11(16)17)13(2)10(15)7-3-4-8(12)9(5-7)14(18)19/h3-6H,12H2,1-2H3,(H,16,17). The van der Waals surface area contributed by atoms with E-state index in [9.17, 15) is 19.7 Å². The number of aliphatic carboxylic acids is 1. The lowest BCUT2D eigenvalue weighted by atomic mass is 10.1. The zero-order valence-corrected chi connectivity index (χ0v) is 10.4. The highest BCUT2D eigenvalue weighted by atomic mass is 16.6. The van der Waals surface area contributed by atoms with E-state index in [1.807, 2.05) is 0 Å². The van der Waals surface area contributed by atoms with Gasteiger partial charge < -0.3 is 15.7 Å². The van der Waals surface area contributed by atoms with Crippen molar-refractivity contribution < 1.29 is 19.6 Å². The summed E-state index contributed by atoms with van der Waals surface area (Å²) in [6, 6.07) is 2.55. The molecule has 1 rings (SSSR count). The van der Waals surface area contributed by atoms with E-state index in [-0.39, 0.29) is 16.9 Å². The molecule has 8 nitrogen and oxygen atoms in total. The number of amides is 1. The molecule has 1 unspecified atom stereocenters. The second-order valence-electron chi connectivity index (χ2n) is 3.96. The largest absolute Gasteiger partial charge is 0.480 e. The first-order chi connectivity index (χ1) is 8.75. The minimum absolute atomic E-state index is 0.0106. The Kier molecular flexibility index (Phi) is 4.05. The first-order valence-electron chi connectivity index (χ1n) is 5.29. The molecule has 102 valence electrons. The molecule has 19 heavy (non-hydrogen) atoms. The van der Waals surface area contributed by atoms with E-state index in [2.05, 4.69) is 0 Å². The van der Waals surface area contributed by atoms with Crippen LogP contribution < -0.4 is 5.73 Å². The first kappa shape index (κ1) is 14.4. The van der Waals surface area contributed by atoms with Gasteiger partial charge in [-0.1, -0.05) is 0 Å². The summed E-state index contributed by atoms with van der Waals surface area (Å²) in [5.74, 6) is -1.79. The molecule has 3 N–H and O–H groups in total. The number of hydrogen-bond acceptors (Lipinski definition) is 5. The molecule has 0 spiro atoms. The maximum Gasteiger partial charge on any atom is 0.326 e. The lowest BCUT2D eigenvalue weighted by Gasteiger charge is -2.21. The molecule has 0 aliphatic carbocycles. The van der Waals surface area contributed by atoms with Gasteiger partial charge in [-0.2, -0.15) is 0 Å². The lowest BCUT2D eigenvalue weighted by molar-refractivity contribution is -0.383. The number of carboxylic acids is 1. The summed E-state index contributed by atoms with van der Waals surface area (Å²) in [7, 11) is 1.31. The minimum atomic E-state index is -1.17. The van der Waals surface area contributed by atoms with Crippen LogP contribution in [0.2, 0.25) is 0 Å². The highest BCUT2D eigenvalue weighted by Crippen LogP contribution is 2.23. The minimum Gasteiger partial charge on any atom is -0.480 e. The number of nitro groups is 1. The molecule has 1 aromatic carbocycles. The van der Waals surface area contributed by atoms with Gasteiger partial charge in [0, 0.05) is 18.7 Å². The highest BCUT2D eigenvalue weighted by molar-refractivity contribution is 5.97. The summed E-state index contributed by atoms with van der Waals surface area (Å²) < 4.78 is 0. The number of nitrogens with zero attached hydrogens (tertiary/aromatic N) is 2. The van der Waals surface area contributed by atoms with Gasteiger partial charge in [0.15, 0.2) is 0 Å². The predicted molar refractivity (Wildman–Crippen MR) is 66.7 cm³/mol. The van der Waals surface area contributed by atoms with E-state index >= 15 is 0 Å². The molecule has 0 saturated heterocycles. The molecule has 0 fully saturated rings. The second kappa shape index (κ2) is 5.34. The van der Waals surface area contributed by atoms with Gasteiger partial charge in [-0.25, -0.2) is 4.79 Å². The Morgan fingerprint density at radius 2 is 2.05 bits per heavy atom.